The minimum Gasteiger partial charge on any atom is -0.343 e. The maximum absolute atomic E-state index is 11.9. The van der Waals surface area contributed by atoms with E-state index < -0.39 is 11.6 Å². The second-order valence-corrected chi connectivity index (χ2v) is 5.35. The number of amides is 4. The Morgan fingerprint density at radius 3 is 2.39 bits per heavy atom. The molecule has 0 aromatic carbocycles. The summed E-state index contributed by atoms with van der Waals surface area (Å²) in [5.74, 6) is -0.237. The van der Waals surface area contributed by atoms with E-state index in [-0.39, 0.29) is 24.8 Å². The van der Waals surface area contributed by atoms with Crippen LogP contribution in [-0.4, -0.2) is 52.8 Å². The van der Waals surface area contributed by atoms with Crippen LogP contribution in [0.2, 0.25) is 0 Å². The van der Waals surface area contributed by atoms with Crippen molar-refractivity contribution in [2.45, 2.75) is 38.6 Å². The molecule has 6 heteroatoms. The molecule has 0 radical (unpaired) electrons. The number of urea groups is 1. The van der Waals surface area contributed by atoms with Crippen molar-refractivity contribution in [3.8, 4) is 0 Å². The predicted octanol–water partition coefficient (Wildman–Crippen LogP) is 0.329. The molecule has 2 aliphatic heterocycles. The van der Waals surface area contributed by atoms with Crippen molar-refractivity contribution in [2.75, 3.05) is 19.6 Å². The largest absolute Gasteiger partial charge is 0.343 e. The molecule has 4 amide bonds. The number of hydrogen-bond acceptors (Lipinski definition) is 3. The number of nitrogens with one attached hydrogen (secondary N) is 1. The molecule has 2 fully saturated rings. The van der Waals surface area contributed by atoms with Crippen molar-refractivity contribution < 1.29 is 14.4 Å². The quantitative estimate of drug-likeness (QED) is 0.737. The van der Waals surface area contributed by atoms with Gasteiger partial charge in [0.05, 0.1) is 0 Å². The van der Waals surface area contributed by atoms with Gasteiger partial charge >= 0.3 is 6.03 Å². The van der Waals surface area contributed by atoms with Gasteiger partial charge in [0.15, 0.2) is 0 Å². The smallest absolute Gasteiger partial charge is 0.325 e. The molecule has 0 bridgehead atoms. The lowest BCUT2D eigenvalue weighted by Crippen LogP contribution is -2.40. The second-order valence-electron chi connectivity index (χ2n) is 5.35. The van der Waals surface area contributed by atoms with E-state index in [9.17, 15) is 14.4 Å². The number of hydrogen-bond donors (Lipinski definition) is 1. The summed E-state index contributed by atoms with van der Waals surface area (Å²) in [5.41, 5.74) is -0.853. The first-order chi connectivity index (χ1) is 8.42. The number of imide groups is 1. The van der Waals surface area contributed by atoms with Gasteiger partial charge in [-0.15, -0.1) is 0 Å². The summed E-state index contributed by atoms with van der Waals surface area (Å²) in [6.45, 7) is 5.09. The minimum atomic E-state index is -0.853. The summed E-state index contributed by atoms with van der Waals surface area (Å²) in [5, 5.41) is 2.60. The molecule has 0 aromatic rings. The molecule has 6 nitrogen and oxygen atoms in total. The highest BCUT2D eigenvalue weighted by Crippen LogP contribution is 2.17. The molecule has 0 saturated carbocycles. The fraction of sp³-hybridized carbons (Fsp3) is 0.750. The number of carbonyl (C=O) groups excluding carboxylic acids is 3. The van der Waals surface area contributed by atoms with E-state index in [4.69, 9.17) is 0 Å². The zero-order valence-corrected chi connectivity index (χ0v) is 10.9. The van der Waals surface area contributed by atoms with E-state index >= 15 is 0 Å². The highest BCUT2D eigenvalue weighted by molar-refractivity contribution is 6.06. The van der Waals surface area contributed by atoms with Crippen LogP contribution in [0.1, 0.15) is 33.1 Å². The highest BCUT2D eigenvalue weighted by Gasteiger charge is 2.44. The number of rotatable bonds is 3. The van der Waals surface area contributed by atoms with Crippen molar-refractivity contribution >= 4 is 17.8 Å². The normalized spacial score (nSPS) is 22.6. The lowest BCUT2D eigenvalue weighted by Gasteiger charge is -2.18. The second kappa shape index (κ2) is 4.59. The lowest BCUT2D eigenvalue weighted by atomic mass is 10.1. The topological polar surface area (TPSA) is 69.7 Å². The molecule has 2 aliphatic rings. The summed E-state index contributed by atoms with van der Waals surface area (Å²) in [7, 11) is 0. The molecule has 0 unspecified atom stereocenters. The van der Waals surface area contributed by atoms with Crippen LogP contribution in [0, 0.1) is 0 Å². The van der Waals surface area contributed by atoms with Crippen molar-refractivity contribution in [1.29, 1.82) is 0 Å². The molecule has 2 saturated heterocycles. The van der Waals surface area contributed by atoms with Crippen LogP contribution in [0.25, 0.3) is 0 Å². The SMILES string of the molecule is CC1(C)NC(=O)N(CCC(=O)N2CCCC2)C1=O. The van der Waals surface area contributed by atoms with E-state index in [2.05, 4.69) is 5.32 Å². The van der Waals surface area contributed by atoms with Crippen LogP contribution in [0.15, 0.2) is 0 Å². The molecule has 0 atom stereocenters. The van der Waals surface area contributed by atoms with Crippen molar-refractivity contribution in [1.82, 2.24) is 15.1 Å². The molecular formula is C12H19N3O3. The van der Waals surface area contributed by atoms with E-state index in [1.165, 1.54) is 0 Å². The summed E-state index contributed by atoms with van der Waals surface area (Å²) in [6, 6.07) is -0.403. The molecule has 0 spiro atoms. The summed E-state index contributed by atoms with van der Waals surface area (Å²) < 4.78 is 0. The van der Waals surface area contributed by atoms with Gasteiger partial charge in [-0.25, -0.2) is 4.79 Å². The third kappa shape index (κ3) is 2.32. The maximum atomic E-state index is 11.9. The third-order valence-electron chi connectivity index (χ3n) is 3.45. The first-order valence-corrected chi connectivity index (χ1v) is 6.34. The zero-order chi connectivity index (χ0) is 13.3. The van der Waals surface area contributed by atoms with Crippen LogP contribution < -0.4 is 5.32 Å². The highest BCUT2D eigenvalue weighted by atomic mass is 16.2. The van der Waals surface area contributed by atoms with Crippen molar-refractivity contribution in [3.63, 3.8) is 0 Å². The molecule has 2 heterocycles. The van der Waals surface area contributed by atoms with Crippen LogP contribution in [0.3, 0.4) is 0 Å². The van der Waals surface area contributed by atoms with E-state index in [1.807, 2.05) is 0 Å². The van der Waals surface area contributed by atoms with Gasteiger partial charge in [0.25, 0.3) is 5.91 Å². The van der Waals surface area contributed by atoms with E-state index in [0.717, 1.165) is 30.8 Å². The first kappa shape index (κ1) is 12.9. The Kier molecular flexibility index (Phi) is 3.28. The summed E-state index contributed by atoms with van der Waals surface area (Å²) in [4.78, 5) is 38.3. The zero-order valence-electron chi connectivity index (χ0n) is 10.9. The van der Waals surface area contributed by atoms with Crippen molar-refractivity contribution in [3.05, 3.63) is 0 Å². The monoisotopic (exact) mass is 253 g/mol. The van der Waals surface area contributed by atoms with Gasteiger partial charge in [0, 0.05) is 26.1 Å². The van der Waals surface area contributed by atoms with E-state index in [1.54, 1.807) is 18.7 Å². The molecule has 1 N–H and O–H groups in total. The third-order valence-corrected chi connectivity index (χ3v) is 3.45. The van der Waals surface area contributed by atoms with E-state index in [0.29, 0.717) is 0 Å². The molecule has 18 heavy (non-hydrogen) atoms. The van der Waals surface area contributed by atoms with Gasteiger partial charge in [0.1, 0.15) is 5.54 Å². The number of nitrogens with zero attached hydrogens (tertiary/aromatic N) is 2. The number of likely N-dealkylation sites (tertiary alicyclic amines) is 1. The predicted molar refractivity (Wildman–Crippen MR) is 64.8 cm³/mol. The van der Waals surface area contributed by atoms with Crippen LogP contribution >= 0.6 is 0 Å². The fourth-order valence-electron chi connectivity index (χ4n) is 2.35. The van der Waals surface area contributed by atoms with Crippen LogP contribution in [-0.2, 0) is 9.59 Å². The summed E-state index contributed by atoms with van der Waals surface area (Å²) in [6.07, 6.45) is 2.30. The molecule has 2 rings (SSSR count). The summed E-state index contributed by atoms with van der Waals surface area (Å²) >= 11 is 0. The Balaban J connectivity index is 1.88. The Bertz CT molecular complexity index is 386. The van der Waals surface area contributed by atoms with Gasteiger partial charge < -0.3 is 10.2 Å². The standard InChI is InChI=1S/C12H19N3O3/c1-12(2)10(17)15(11(18)13-12)8-5-9(16)14-6-3-4-7-14/h3-8H2,1-2H3,(H,13,18). The first-order valence-electron chi connectivity index (χ1n) is 6.34. The minimum absolute atomic E-state index is 0.0257. The maximum Gasteiger partial charge on any atom is 0.325 e. The van der Waals surface area contributed by atoms with Gasteiger partial charge in [-0.3, -0.25) is 14.5 Å². The van der Waals surface area contributed by atoms with Crippen LogP contribution in [0.5, 0.6) is 0 Å². The van der Waals surface area contributed by atoms with Crippen molar-refractivity contribution in [2.24, 2.45) is 0 Å². The van der Waals surface area contributed by atoms with Gasteiger partial charge in [-0.05, 0) is 26.7 Å². The molecule has 100 valence electrons. The Morgan fingerprint density at radius 1 is 1.28 bits per heavy atom. The number of carbonyl (C=O) groups is 3. The molecule has 0 aliphatic carbocycles. The lowest BCUT2D eigenvalue weighted by molar-refractivity contribution is -0.132. The molecule has 0 aromatic heterocycles. The average molecular weight is 253 g/mol. The Hall–Kier alpha value is -1.59. The molecular weight excluding hydrogens is 234 g/mol. The fourth-order valence-corrected chi connectivity index (χ4v) is 2.35. The average Bonchev–Trinajstić information content (AvgIpc) is 2.86. The van der Waals surface area contributed by atoms with Crippen LogP contribution in [0.4, 0.5) is 4.79 Å². The Morgan fingerprint density at radius 2 is 1.89 bits per heavy atom. The van der Waals surface area contributed by atoms with Gasteiger partial charge in [-0.1, -0.05) is 0 Å². The van der Waals surface area contributed by atoms with Gasteiger partial charge in [-0.2, -0.15) is 0 Å². The Labute approximate surface area is 106 Å². The van der Waals surface area contributed by atoms with Gasteiger partial charge in [0.2, 0.25) is 5.91 Å².